The van der Waals surface area contributed by atoms with Gasteiger partial charge in [-0.15, -0.1) is 0 Å². The summed E-state index contributed by atoms with van der Waals surface area (Å²) >= 11 is 0. The average molecular weight is 339 g/mol. The normalized spacial score (nSPS) is 23.2. The third-order valence-corrected chi connectivity index (χ3v) is 5.38. The Hall–Kier alpha value is -2.37. The summed E-state index contributed by atoms with van der Waals surface area (Å²) in [6.07, 6.45) is 11.1. The Morgan fingerprint density at radius 1 is 1.24 bits per heavy atom. The van der Waals surface area contributed by atoms with E-state index in [1.54, 1.807) is 12.3 Å². The molecule has 2 aliphatic rings. The molecule has 1 N–H and O–H groups in total. The molecule has 0 aromatic carbocycles. The van der Waals surface area contributed by atoms with Crippen LogP contribution in [-0.4, -0.2) is 39.1 Å². The van der Waals surface area contributed by atoms with Gasteiger partial charge in [-0.2, -0.15) is 0 Å². The molecule has 0 saturated carbocycles. The van der Waals surface area contributed by atoms with Crippen LogP contribution >= 0.6 is 0 Å². The van der Waals surface area contributed by atoms with Gasteiger partial charge in [0.2, 0.25) is 0 Å². The standard InChI is InChI=1S/C19H25N5O/c1-14-4-2-3-10-24(14)18-12-15(7-8-20-18)19(25)22-16-5-6-17-21-9-11-23(17)13-16/h7-9,11-12,14,16H,2-6,10,13H2,1H3,(H,22,25)/t14-,16-/m1/s1. The number of nitrogens with one attached hydrogen (secondary N) is 1. The fourth-order valence-electron chi connectivity index (χ4n) is 3.91. The Morgan fingerprint density at radius 3 is 3.04 bits per heavy atom. The minimum atomic E-state index is -0.0122. The summed E-state index contributed by atoms with van der Waals surface area (Å²) in [5.74, 6) is 2.01. The first-order valence-corrected chi connectivity index (χ1v) is 9.24. The van der Waals surface area contributed by atoms with E-state index in [0.29, 0.717) is 11.6 Å². The van der Waals surface area contributed by atoms with E-state index < -0.39 is 0 Å². The van der Waals surface area contributed by atoms with Gasteiger partial charge in [0.05, 0.1) is 0 Å². The lowest BCUT2D eigenvalue weighted by molar-refractivity contribution is 0.0927. The van der Waals surface area contributed by atoms with Crippen LogP contribution in [0.25, 0.3) is 0 Å². The molecule has 132 valence electrons. The van der Waals surface area contributed by atoms with E-state index in [2.05, 4.69) is 31.7 Å². The zero-order valence-electron chi connectivity index (χ0n) is 14.7. The predicted molar refractivity (Wildman–Crippen MR) is 96.7 cm³/mol. The molecule has 0 spiro atoms. The fourth-order valence-corrected chi connectivity index (χ4v) is 3.91. The summed E-state index contributed by atoms with van der Waals surface area (Å²) < 4.78 is 2.13. The van der Waals surface area contributed by atoms with Crippen molar-refractivity contribution in [1.29, 1.82) is 0 Å². The monoisotopic (exact) mass is 339 g/mol. The van der Waals surface area contributed by atoms with Crippen LogP contribution in [0.4, 0.5) is 5.82 Å². The molecule has 2 aliphatic heterocycles. The molecule has 1 amide bonds. The van der Waals surface area contributed by atoms with Gasteiger partial charge in [0.15, 0.2) is 0 Å². The predicted octanol–water partition coefficient (Wildman–Crippen LogP) is 2.40. The summed E-state index contributed by atoms with van der Waals surface area (Å²) in [4.78, 5) is 23.8. The van der Waals surface area contributed by atoms with Crippen molar-refractivity contribution in [3.05, 3.63) is 42.1 Å². The number of anilines is 1. The van der Waals surface area contributed by atoms with Crippen molar-refractivity contribution in [3.63, 3.8) is 0 Å². The summed E-state index contributed by atoms with van der Waals surface area (Å²) in [7, 11) is 0. The van der Waals surface area contributed by atoms with Crippen molar-refractivity contribution < 1.29 is 4.79 Å². The molecule has 0 bridgehead atoms. The summed E-state index contributed by atoms with van der Waals surface area (Å²) in [5.41, 5.74) is 0.694. The Kier molecular flexibility index (Phi) is 4.42. The molecule has 25 heavy (non-hydrogen) atoms. The average Bonchev–Trinajstić information content (AvgIpc) is 3.10. The molecule has 2 aromatic heterocycles. The van der Waals surface area contributed by atoms with E-state index >= 15 is 0 Å². The molecule has 0 radical (unpaired) electrons. The number of aromatic nitrogens is 3. The lowest BCUT2D eigenvalue weighted by Gasteiger charge is -2.34. The summed E-state index contributed by atoms with van der Waals surface area (Å²) in [6.45, 7) is 4.05. The lowest BCUT2D eigenvalue weighted by Crippen LogP contribution is -2.41. The second-order valence-electron chi connectivity index (χ2n) is 7.15. The molecule has 0 unspecified atom stereocenters. The number of aryl methyl sites for hydroxylation is 1. The first-order chi connectivity index (χ1) is 12.2. The maximum atomic E-state index is 12.7. The topological polar surface area (TPSA) is 63.1 Å². The van der Waals surface area contributed by atoms with E-state index in [0.717, 1.165) is 37.6 Å². The number of carbonyl (C=O) groups excluding carboxylic acids is 1. The molecule has 4 heterocycles. The van der Waals surface area contributed by atoms with Crippen LogP contribution in [0.5, 0.6) is 0 Å². The highest BCUT2D eigenvalue weighted by Gasteiger charge is 2.23. The zero-order chi connectivity index (χ0) is 17.2. The molecule has 2 atom stereocenters. The largest absolute Gasteiger partial charge is 0.354 e. The van der Waals surface area contributed by atoms with E-state index in [4.69, 9.17) is 0 Å². The first-order valence-electron chi connectivity index (χ1n) is 9.24. The molecule has 6 heteroatoms. The number of fused-ring (bicyclic) bond motifs is 1. The number of amides is 1. The minimum Gasteiger partial charge on any atom is -0.354 e. The van der Waals surface area contributed by atoms with Gasteiger partial charge in [-0.3, -0.25) is 4.79 Å². The molecule has 1 fully saturated rings. The second kappa shape index (κ2) is 6.86. The van der Waals surface area contributed by atoms with Gasteiger partial charge in [0.25, 0.3) is 5.91 Å². The Morgan fingerprint density at radius 2 is 2.16 bits per heavy atom. The van der Waals surface area contributed by atoms with Crippen molar-refractivity contribution in [2.45, 2.75) is 57.7 Å². The van der Waals surface area contributed by atoms with E-state index in [-0.39, 0.29) is 11.9 Å². The van der Waals surface area contributed by atoms with Crippen LogP contribution < -0.4 is 10.2 Å². The lowest BCUT2D eigenvalue weighted by atomic mass is 10.0. The van der Waals surface area contributed by atoms with Crippen LogP contribution in [-0.2, 0) is 13.0 Å². The van der Waals surface area contributed by atoms with Gasteiger partial charge in [0.1, 0.15) is 11.6 Å². The van der Waals surface area contributed by atoms with Crippen molar-refractivity contribution in [3.8, 4) is 0 Å². The number of nitrogens with zero attached hydrogens (tertiary/aromatic N) is 4. The molecule has 6 nitrogen and oxygen atoms in total. The van der Waals surface area contributed by atoms with Gasteiger partial charge >= 0.3 is 0 Å². The van der Waals surface area contributed by atoms with Crippen LogP contribution in [0.2, 0.25) is 0 Å². The van der Waals surface area contributed by atoms with Crippen LogP contribution in [0, 0.1) is 0 Å². The minimum absolute atomic E-state index is 0.0122. The SMILES string of the molecule is C[C@@H]1CCCCN1c1cc(C(=O)N[C@@H]2CCc3nccn3C2)ccn1. The fraction of sp³-hybridized carbons (Fsp3) is 0.526. The quantitative estimate of drug-likeness (QED) is 0.933. The van der Waals surface area contributed by atoms with E-state index in [1.807, 2.05) is 18.5 Å². The highest BCUT2D eigenvalue weighted by Crippen LogP contribution is 2.23. The molecule has 4 rings (SSSR count). The zero-order valence-corrected chi connectivity index (χ0v) is 14.7. The van der Waals surface area contributed by atoms with Crippen molar-refractivity contribution in [1.82, 2.24) is 19.9 Å². The Bertz CT molecular complexity index is 756. The van der Waals surface area contributed by atoms with Gasteiger partial charge in [-0.1, -0.05) is 0 Å². The summed E-state index contributed by atoms with van der Waals surface area (Å²) in [6, 6.07) is 4.37. The van der Waals surface area contributed by atoms with Crippen molar-refractivity contribution in [2.24, 2.45) is 0 Å². The number of carbonyl (C=O) groups is 1. The van der Waals surface area contributed by atoms with Crippen molar-refractivity contribution >= 4 is 11.7 Å². The molecular weight excluding hydrogens is 314 g/mol. The number of pyridine rings is 1. The van der Waals surface area contributed by atoms with Gasteiger partial charge < -0.3 is 14.8 Å². The van der Waals surface area contributed by atoms with Gasteiger partial charge in [0, 0.05) is 55.7 Å². The van der Waals surface area contributed by atoms with Gasteiger partial charge in [-0.25, -0.2) is 9.97 Å². The number of rotatable bonds is 3. The Balaban J connectivity index is 1.45. The number of hydrogen-bond donors (Lipinski definition) is 1. The van der Waals surface area contributed by atoms with Crippen molar-refractivity contribution in [2.75, 3.05) is 11.4 Å². The van der Waals surface area contributed by atoms with E-state index in [1.165, 1.54) is 19.3 Å². The van der Waals surface area contributed by atoms with Crippen LogP contribution in [0.1, 0.15) is 48.8 Å². The van der Waals surface area contributed by atoms with E-state index in [9.17, 15) is 4.79 Å². The number of imidazole rings is 1. The van der Waals surface area contributed by atoms with Gasteiger partial charge in [-0.05, 0) is 44.7 Å². The molecule has 0 aliphatic carbocycles. The molecular formula is C19H25N5O. The Labute approximate surface area is 148 Å². The maximum Gasteiger partial charge on any atom is 0.251 e. The van der Waals surface area contributed by atoms with Crippen LogP contribution in [0.3, 0.4) is 0 Å². The highest BCUT2D eigenvalue weighted by molar-refractivity contribution is 5.95. The smallest absolute Gasteiger partial charge is 0.251 e. The number of piperidine rings is 1. The summed E-state index contributed by atoms with van der Waals surface area (Å²) in [5, 5.41) is 3.17. The number of hydrogen-bond acceptors (Lipinski definition) is 4. The first kappa shape index (κ1) is 16.1. The molecule has 2 aromatic rings. The second-order valence-corrected chi connectivity index (χ2v) is 7.15. The highest BCUT2D eigenvalue weighted by atomic mass is 16.1. The van der Waals surface area contributed by atoms with Crippen LogP contribution in [0.15, 0.2) is 30.7 Å². The third-order valence-electron chi connectivity index (χ3n) is 5.38. The third kappa shape index (κ3) is 3.38. The molecule has 1 saturated heterocycles. The maximum absolute atomic E-state index is 12.7.